The molecule has 0 N–H and O–H groups in total. The summed E-state index contributed by atoms with van der Waals surface area (Å²) in [6, 6.07) is 17.8. The van der Waals surface area contributed by atoms with Gasteiger partial charge in [-0.1, -0.05) is 50.3 Å². The Morgan fingerprint density at radius 2 is 1.57 bits per heavy atom. The number of benzene rings is 2. The van der Waals surface area contributed by atoms with Crippen molar-refractivity contribution >= 4 is 21.8 Å². The maximum atomic E-state index is 13.4. The van der Waals surface area contributed by atoms with Crippen LogP contribution < -0.4 is 4.74 Å². The molecule has 3 rings (SSSR count). The van der Waals surface area contributed by atoms with Crippen LogP contribution in [0.5, 0.6) is 11.5 Å². The summed E-state index contributed by atoms with van der Waals surface area (Å²) >= 11 is 0. The van der Waals surface area contributed by atoms with Gasteiger partial charge in [0.1, 0.15) is 28.1 Å². The molecule has 0 heterocycles. The minimum atomic E-state index is -4.10. The lowest BCUT2D eigenvalue weighted by molar-refractivity contribution is -0.150. The van der Waals surface area contributed by atoms with Crippen molar-refractivity contribution in [3.63, 3.8) is 0 Å². The molecular formula is C31H37NO7S. The Morgan fingerprint density at radius 1 is 0.975 bits per heavy atom. The normalized spacial score (nSPS) is 19.6. The fourth-order valence-electron chi connectivity index (χ4n) is 4.25. The van der Waals surface area contributed by atoms with E-state index in [2.05, 4.69) is 0 Å². The van der Waals surface area contributed by atoms with Crippen molar-refractivity contribution in [1.82, 2.24) is 0 Å². The van der Waals surface area contributed by atoms with Crippen molar-refractivity contribution in [2.24, 2.45) is 17.3 Å². The summed E-state index contributed by atoms with van der Waals surface area (Å²) in [6.45, 7) is 13.0. The zero-order valence-electron chi connectivity index (χ0n) is 24.2. The number of nitrogens with zero attached hydrogens (tertiary/aromatic N) is 1. The van der Waals surface area contributed by atoms with Crippen LogP contribution in [0, 0.1) is 28.6 Å². The number of hydrogen-bond donors (Lipinski definition) is 0. The highest BCUT2D eigenvalue weighted by Crippen LogP contribution is 2.60. The zero-order chi connectivity index (χ0) is 30.1. The largest absolute Gasteiger partial charge is 0.457 e. The highest BCUT2D eigenvalue weighted by atomic mass is 32.2. The Morgan fingerprint density at radius 3 is 2.12 bits per heavy atom. The first kappa shape index (κ1) is 30.9. The molecule has 3 atom stereocenters. The predicted molar refractivity (Wildman–Crippen MR) is 151 cm³/mol. The number of hydrogen-bond acceptors (Lipinski definition) is 8. The Bertz CT molecular complexity index is 1440. The third-order valence-corrected chi connectivity index (χ3v) is 9.18. The lowest BCUT2D eigenvalue weighted by atomic mass is 10.1. The SMILES string of the molecule is CC(C)(C)OC(=O)/C(=C\[C@H]1[C@@H](C(=O)O[C@H](C#N)c2cccc(Oc3ccccc3)c2)C1(C)C)S(=O)(=O)C(C)(C)C. The van der Waals surface area contributed by atoms with Gasteiger partial charge in [0.2, 0.25) is 6.10 Å². The summed E-state index contributed by atoms with van der Waals surface area (Å²) in [7, 11) is -4.10. The minimum Gasteiger partial charge on any atom is -0.457 e. The second-order valence-corrected chi connectivity index (χ2v) is 15.1. The number of ether oxygens (including phenoxy) is 3. The van der Waals surface area contributed by atoms with Gasteiger partial charge >= 0.3 is 11.9 Å². The molecule has 1 fully saturated rings. The van der Waals surface area contributed by atoms with Crippen LogP contribution >= 0.6 is 0 Å². The van der Waals surface area contributed by atoms with E-state index < -0.39 is 60.4 Å². The van der Waals surface area contributed by atoms with Gasteiger partial charge in [-0.3, -0.25) is 4.79 Å². The molecule has 40 heavy (non-hydrogen) atoms. The Hall–Kier alpha value is -3.64. The fourth-order valence-corrected chi connectivity index (χ4v) is 5.50. The first-order chi connectivity index (χ1) is 18.4. The average molecular weight is 568 g/mol. The summed E-state index contributed by atoms with van der Waals surface area (Å²) < 4.78 is 42.3. The van der Waals surface area contributed by atoms with E-state index in [4.69, 9.17) is 14.2 Å². The van der Waals surface area contributed by atoms with E-state index in [0.29, 0.717) is 17.1 Å². The van der Waals surface area contributed by atoms with Gasteiger partial charge < -0.3 is 14.2 Å². The van der Waals surface area contributed by atoms with Crippen LogP contribution in [-0.2, 0) is 28.9 Å². The van der Waals surface area contributed by atoms with Crippen molar-refractivity contribution in [3.8, 4) is 17.6 Å². The molecule has 1 aliphatic rings. The number of rotatable bonds is 8. The molecule has 2 aromatic carbocycles. The molecule has 0 amide bonds. The second kappa shape index (κ2) is 11.1. The van der Waals surface area contributed by atoms with Crippen LogP contribution in [0.25, 0.3) is 0 Å². The Labute approximate surface area is 236 Å². The molecule has 0 bridgehead atoms. The van der Waals surface area contributed by atoms with E-state index in [1.54, 1.807) is 71.0 Å². The van der Waals surface area contributed by atoms with Gasteiger partial charge in [-0.2, -0.15) is 5.26 Å². The van der Waals surface area contributed by atoms with Gasteiger partial charge in [0.25, 0.3) is 0 Å². The number of carbonyl (C=O) groups is 2. The average Bonchev–Trinajstić information content (AvgIpc) is 3.39. The molecule has 0 unspecified atom stereocenters. The Balaban J connectivity index is 1.86. The number of nitriles is 1. The third kappa shape index (κ3) is 6.92. The molecule has 0 radical (unpaired) electrons. The molecule has 0 spiro atoms. The number of allylic oxidation sites excluding steroid dienone is 1. The monoisotopic (exact) mass is 567 g/mol. The lowest BCUT2D eigenvalue weighted by Gasteiger charge is -2.24. The summed E-state index contributed by atoms with van der Waals surface area (Å²) in [5, 5.41) is 9.81. The minimum absolute atomic E-state index is 0.430. The van der Waals surface area contributed by atoms with Crippen molar-refractivity contribution in [1.29, 1.82) is 5.26 Å². The molecule has 9 heteroatoms. The summed E-state index contributed by atoms with van der Waals surface area (Å²) in [4.78, 5) is 25.8. The van der Waals surface area contributed by atoms with E-state index in [-0.39, 0.29) is 0 Å². The molecule has 0 aromatic heterocycles. The fraction of sp³-hybridized carbons (Fsp3) is 0.452. The van der Waals surface area contributed by atoms with E-state index in [1.807, 2.05) is 24.3 Å². The van der Waals surface area contributed by atoms with E-state index >= 15 is 0 Å². The standard InChI is InChI=1S/C31H37NO7S/c1-29(2,3)39-27(33)25(40(35,36)30(4,5)6)18-23-26(31(23,7)8)28(34)38-24(19-32)20-13-12-16-22(17-20)37-21-14-10-9-11-15-21/h9-18,23-24,26H,1-8H3/b25-18+/t23-,24+,26-/m0/s1. The Kier molecular flexibility index (Phi) is 8.56. The van der Waals surface area contributed by atoms with Crippen LogP contribution in [0.2, 0.25) is 0 Å². The van der Waals surface area contributed by atoms with Crippen LogP contribution in [-0.4, -0.2) is 30.7 Å². The number of esters is 2. The van der Waals surface area contributed by atoms with E-state index in [1.165, 1.54) is 26.8 Å². The molecule has 214 valence electrons. The van der Waals surface area contributed by atoms with Crippen molar-refractivity contribution in [2.45, 2.75) is 71.8 Å². The summed E-state index contributed by atoms with van der Waals surface area (Å²) in [5.41, 5.74) is -1.20. The van der Waals surface area contributed by atoms with Gasteiger partial charge in [-0.25, -0.2) is 13.2 Å². The molecule has 0 aliphatic heterocycles. The summed E-state index contributed by atoms with van der Waals surface area (Å²) in [5.74, 6) is -1.93. The zero-order valence-corrected chi connectivity index (χ0v) is 25.0. The molecular weight excluding hydrogens is 530 g/mol. The van der Waals surface area contributed by atoms with Crippen LogP contribution in [0.1, 0.15) is 67.1 Å². The summed E-state index contributed by atoms with van der Waals surface area (Å²) in [6.07, 6.45) is 0.104. The van der Waals surface area contributed by atoms with Crippen LogP contribution in [0.4, 0.5) is 0 Å². The molecule has 0 saturated heterocycles. The van der Waals surface area contributed by atoms with E-state index in [0.717, 1.165) is 0 Å². The predicted octanol–water partition coefficient (Wildman–Crippen LogP) is 6.30. The molecule has 2 aromatic rings. The quantitative estimate of drug-likeness (QED) is 0.269. The van der Waals surface area contributed by atoms with Crippen LogP contribution in [0.3, 0.4) is 0 Å². The van der Waals surface area contributed by atoms with Gasteiger partial charge in [0.05, 0.1) is 10.7 Å². The maximum Gasteiger partial charge on any atom is 0.349 e. The molecule has 8 nitrogen and oxygen atoms in total. The molecule has 1 saturated carbocycles. The maximum absolute atomic E-state index is 13.4. The first-order valence-corrected chi connectivity index (χ1v) is 14.5. The van der Waals surface area contributed by atoms with Crippen LogP contribution in [0.15, 0.2) is 65.6 Å². The van der Waals surface area contributed by atoms with Gasteiger partial charge in [0.15, 0.2) is 9.84 Å². The highest BCUT2D eigenvalue weighted by Gasteiger charge is 2.62. The third-order valence-electron chi connectivity index (χ3n) is 6.68. The van der Waals surface area contributed by atoms with Gasteiger partial charge in [-0.15, -0.1) is 0 Å². The van der Waals surface area contributed by atoms with Crippen molar-refractivity contribution in [3.05, 3.63) is 71.1 Å². The first-order valence-electron chi connectivity index (χ1n) is 13.0. The smallest absolute Gasteiger partial charge is 0.349 e. The molecule has 1 aliphatic carbocycles. The number of sulfone groups is 1. The topological polar surface area (TPSA) is 120 Å². The highest BCUT2D eigenvalue weighted by molar-refractivity contribution is 7.97. The van der Waals surface area contributed by atoms with Gasteiger partial charge in [0, 0.05) is 5.56 Å². The second-order valence-electron chi connectivity index (χ2n) is 12.4. The van der Waals surface area contributed by atoms with Crippen molar-refractivity contribution in [2.75, 3.05) is 0 Å². The number of para-hydroxylation sites is 1. The van der Waals surface area contributed by atoms with E-state index in [9.17, 15) is 23.3 Å². The van der Waals surface area contributed by atoms with Crippen molar-refractivity contribution < 1.29 is 32.2 Å². The lowest BCUT2D eigenvalue weighted by Crippen LogP contribution is -2.35. The van der Waals surface area contributed by atoms with Gasteiger partial charge in [-0.05, 0) is 77.1 Å². The number of carbonyl (C=O) groups excluding carboxylic acids is 2.